The minimum absolute atomic E-state index is 0.0151. The van der Waals surface area contributed by atoms with E-state index >= 15 is 0 Å². The van der Waals surface area contributed by atoms with Gasteiger partial charge in [-0.2, -0.15) is 5.26 Å². The number of nitrogens with zero attached hydrogens (tertiary/aromatic N) is 9. The van der Waals surface area contributed by atoms with Crippen molar-refractivity contribution in [1.82, 2.24) is 19.9 Å². The maximum absolute atomic E-state index is 12.9. The number of fused-ring (bicyclic) bond motifs is 2. The SMILES string of the molecule is CCOc1ccc(-c2nc(C#N)c3c(n2)N(c2ccc([N+](=O)[O-])cc2)C(=O)C3)cc1.CCOc1ccc(-c2nc(C(=N)CO)c3c(n2)N(c2ccc([N+](=O)[O-])cc2)C(=O)C3)cc1.NO. The Hall–Kier alpha value is -8.58. The van der Waals surface area contributed by atoms with Gasteiger partial charge in [0, 0.05) is 46.5 Å². The third-order valence-electron chi connectivity index (χ3n) is 9.58. The summed E-state index contributed by atoms with van der Waals surface area (Å²) >= 11 is 0. The zero-order valence-electron chi connectivity index (χ0n) is 34.0. The number of aliphatic hydroxyl groups is 1. The van der Waals surface area contributed by atoms with E-state index in [9.17, 15) is 40.2 Å². The van der Waals surface area contributed by atoms with Gasteiger partial charge >= 0.3 is 0 Å². The molecule has 21 heteroatoms. The van der Waals surface area contributed by atoms with E-state index in [1.54, 1.807) is 48.5 Å². The lowest BCUT2D eigenvalue weighted by atomic mass is 10.1. The number of nitrogens with one attached hydrogen (secondary N) is 1. The molecule has 0 fully saturated rings. The van der Waals surface area contributed by atoms with Crippen LogP contribution < -0.4 is 25.2 Å². The number of benzene rings is 4. The number of anilines is 4. The van der Waals surface area contributed by atoms with Crippen LogP contribution in [0.1, 0.15) is 36.4 Å². The number of amides is 2. The van der Waals surface area contributed by atoms with Gasteiger partial charge in [-0.15, -0.1) is 0 Å². The van der Waals surface area contributed by atoms with Crippen molar-refractivity contribution in [3.05, 3.63) is 140 Å². The maximum Gasteiger partial charge on any atom is 0.269 e. The largest absolute Gasteiger partial charge is 0.494 e. The molecular formula is C43H37N11O10. The van der Waals surface area contributed by atoms with Crippen molar-refractivity contribution in [3.8, 4) is 40.3 Å². The fourth-order valence-corrected chi connectivity index (χ4v) is 6.72. The lowest BCUT2D eigenvalue weighted by Gasteiger charge is -2.18. The third kappa shape index (κ3) is 9.33. The molecule has 4 heterocycles. The summed E-state index contributed by atoms with van der Waals surface area (Å²) in [5.41, 5.74) is 3.04. The van der Waals surface area contributed by atoms with Gasteiger partial charge in [-0.1, -0.05) is 0 Å². The highest BCUT2D eigenvalue weighted by Crippen LogP contribution is 2.39. The number of nitrogens with two attached hydrogens (primary N) is 1. The summed E-state index contributed by atoms with van der Waals surface area (Å²) in [5.74, 6) is 5.47. The molecule has 0 aliphatic carbocycles. The van der Waals surface area contributed by atoms with E-state index in [0.29, 0.717) is 70.0 Å². The average Bonchev–Trinajstić information content (AvgIpc) is 3.84. The smallest absolute Gasteiger partial charge is 0.269 e. The summed E-state index contributed by atoms with van der Waals surface area (Å²) in [4.78, 5) is 67.0. The standard InChI is InChI=1S/C22H19N5O5.C21H15N5O4.H3NO/c1-2-32-16-9-3-13(4-10-16)21-24-20(18(23)12-28)17-11-19(29)26(22(17)25-21)14-5-7-15(8-6-14)27(30)31;1-2-30-16-9-3-13(4-10-16)20-23-18(12-22)17-11-19(27)25(21(17)24-20)14-5-7-15(8-6-14)26(28)29;1-2/h3-10,23,28H,2,11-12H2,1H3;3-10H,2,11H2,1H3;2H,1H2. The van der Waals surface area contributed by atoms with Crippen molar-refractivity contribution >= 4 is 51.9 Å². The Kier molecular flexibility index (Phi) is 14.0. The second-order valence-electron chi connectivity index (χ2n) is 13.4. The lowest BCUT2D eigenvalue weighted by Crippen LogP contribution is -2.21. The van der Waals surface area contributed by atoms with Crippen LogP contribution in [0.5, 0.6) is 11.5 Å². The average molecular weight is 868 g/mol. The first-order chi connectivity index (χ1) is 30.9. The molecule has 64 heavy (non-hydrogen) atoms. The fraction of sp³-hybridized carbons (Fsp3) is 0.163. The van der Waals surface area contributed by atoms with E-state index < -0.39 is 16.5 Å². The Morgan fingerprint density at radius 2 is 1.11 bits per heavy atom. The Balaban J connectivity index is 0.000000205. The van der Waals surface area contributed by atoms with Crippen molar-refractivity contribution in [2.45, 2.75) is 26.7 Å². The van der Waals surface area contributed by atoms with E-state index in [2.05, 4.69) is 25.8 Å². The van der Waals surface area contributed by atoms with E-state index in [-0.39, 0.29) is 64.8 Å². The molecule has 0 unspecified atom stereocenters. The Bertz CT molecular complexity index is 2780. The van der Waals surface area contributed by atoms with E-state index in [1.807, 2.05) is 19.9 Å². The normalized spacial score (nSPS) is 12.2. The number of ether oxygens (including phenoxy) is 2. The van der Waals surface area contributed by atoms with Crippen LogP contribution in [0.15, 0.2) is 97.1 Å². The van der Waals surface area contributed by atoms with Crippen LogP contribution in [0.3, 0.4) is 0 Å². The van der Waals surface area contributed by atoms with Crippen LogP contribution in [-0.2, 0) is 22.4 Å². The minimum atomic E-state index is -0.544. The van der Waals surface area contributed by atoms with Crippen LogP contribution >= 0.6 is 0 Å². The molecule has 21 nitrogen and oxygen atoms in total. The van der Waals surface area contributed by atoms with Gasteiger partial charge in [0.25, 0.3) is 11.4 Å². The van der Waals surface area contributed by atoms with Gasteiger partial charge < -0.3 is 25.2 Å². The topological polar surface area (TPSA) is 311 Å². The number of carbonyl (C=O) groups excluding carboxylic acids is 2. The highest BCUT2D eigenvalue weighted by atomic mass is 16.6. The van der Waals surface area contributed by atoms with Crippen molar-refractivity contribution in [2.75, 3.05) is 29.6 Å². The first kappa shape index (κ1) is 45.0. The van der Waals surface area contributed by atoms with Crippen LogP contribution in [0.2, 0.25) is 0 Å². The van der Waals surface area contributed by atoms with Gasteiger partial charge in [0.2, 0.25) is 11.8 Å². The zero-order chi connectivity index (χ0) is 46.1. The molecule has 2 aliphatic rings. The molecule has 0 radical (unpaired) electrons. The van der Waals surface area contributed by atoms with Crippen molar-refractivity contribution in [1.29, 1.82) is 10.7 Å². The second kappa shape index (κ2) is 19.9. The molecule has 0 atom stereocenters. The van der Waals surface area contributed by atoms with Gasteiger partial charge in [0.1, 0.15) is 34.9 Å². The van der Waals surface area contributed by atoms with E-state index in [1.165, 1.54) is 58.3 Å². The summed E-state index contributed by atoms with van der Waals surface area (Å²) in [6.07, 6.45) is -0.0631. The quantitative estimate of drug-likeness (QED) is 0.0631. The number of nitro benzene ring substituents is 2. The molecule has 0 spiro atoms. The molecule has 6 aromatic rings. The Labute approximate surface area is 363 Å². The zero-order valence-corrected chi connectivity index (χ0v) is 34.0. The molecule has 0 bridgehead atoms. The summed E-state index contributed by atoms with van der Waals surface area (Å²) in [6.45, 7) is 4.30. The van der Waals surface area contributed by atoms with Crippen LogP contribution in [0.4, 0.5) is 34.4 Å². The molecule has 2 aromatic heterocycles. The lowest BCUT2D eigenvalue weighted by molar-refractivity contribution is -0.385. The van der Waals surface area contributed by atoms with Gasteiger partial charge in [0.05, 0.1) is 65.3 Å². The molecule has 0 saturated heterocycles. The highest BCUT2D eigenvalue weighted by Gasteiger charge is 2.36. The van der Waals surface area contributed by atoms with Crippen LogP contribution in [0, 0.1) is 37.0 Å². The minimum Gasteiger partial charge on any atom is -0.494 e. The van der Waals surface area contributed by atoms with Gasteiger partial charge in [-0.05, 0) is 86.6 Å². The number of aromatic nitrogens is 4. The molecule has 8 rings (SSSR count). The van der Waals surface area contributed by atoms with Crippen molar-refractivity contribution in [3.63, 3.8) is 0 Å². The summed E-state index contributed by atoms with van der Waals surface area (Å²) in [7, 11) is 0. The first-order valence-electron chi connectivity index (χ1n) is 19.2. The molecule has 5 N–H and O–H groups in total. The molecule has 324 valence electrons. The Morgan fingerprint density at radius 1 is 0.703 bits per heavy atom. The molecule has 2 amide bonds. The number of carbonyl (C=O) groups is 2. The highest BCUT2D eigenvalue weighted by molar-refractivity contribution is 6.11. The Morgan fingerprint density at radius 3 is 1.50 bits per heavy atom. The van der Waals surface area contributed by atoms with Crippen molar-refractivity contribution < 1.29 is 39.2 Å². The summed E-state index contributed by atoms with van der Waals surface area (Å²) in [5, 5.41) is 55.6. The molecular weight excluding hydrogens is 831 g/mol. The predicted octanol–water partition coefficient (Wildman–Crippen LogP) is 5.91. The first-order valence-corrected chi connectivity index (χ1v) is 19.2. The third-order valence-corrected chi connectivity index (χ3v) is 9.58. The predicted molar refractivity (Wildman–Crippen MR) is 230 cm³/mol. The summed E-state index contributed by atoms with van der Waals surface area (Å²) in [6, 6.07) is 27.4. The van der Waals surface area contributed by atoms with Gasteiger partial charge in [-0.3, -0.25) is 39.6 Å². The van der Waals surface area contributed by atoms with Crippen molar-refractivity contribution in [2.24, 2.45) is 5.90 Å². The van der Waals surface area contributed by atoms with Gasteiger partial charge in [-0.25, -0.2) is 25.8 Å². The number of hydrogen-bond donors (Lipinski definition) is 4. The molecule has 2 aliphatic heterocycles. The molecule has 4 aromatic carbocycles. The number of rotatable bonds is 12. The maximum atomic E-state index is 12.9. The second-order valence-corrected chi connectivity index (χ2v) is 13.4. The van der Waals surface area contributed by atoms with E-state index in [4.69, 9.17) is 20.1 Å². The van der Waals surface area contributed by atoms with E-state index in [0.717, 1.165) is 0 Å². The monoisotopic (exact) mass is 867 g/mol. The number of hydrogen-bond acceptors (Lipinski definition) is 17. The van der Waals surface area contributed by atoms with Gasteiger partial charge in [0.15, 0.2) is 11.6 Å². The number of non-ortho nitro benzene ring substituents is 2. The number of nitriles is 1. The summed E-state index contributed by atoms with van der Waals surface area (Å²) < 4.78 is 10.9. The number of aliphatic hydroxyl groups excluding tert-OH is 1. The van der Waals surface area contributed by atoms with Crippen LogP contribution in [-0.4, -0.2) is 77.4 Å². The fourth-order valence-electron chi connectivity index (χ4n) is 6.72. The number of nitro groups is 2. The molecule has 0 saturated carbocycles. The van der Waals surface area contributed by atoms with Crippen LogP contribution in [0.25, 0.3) is 22.8 Å².